The number of hydrogen-bond acceptors (Lipinski definition) is 3. The van der Waals surface area contributed by atoms with Crippen LogP contribution in [0.25, 0.3) is 5.69 Å². The number of nitrogens with one attached hydrogen (secondary N) is 2. The van der Waals surface area contributed by atoms with Crippen molar-refractivity contribution >= 4 is 11.6 Å². The minimum Gasteiger partial charge on any atom is -0.295 e. The van der Waals surface area contributed by atoms with Crippen molar-refractivity contribution in [3.05, 3.63) is 51.9 Å². The lowest BCUT2D eigenvalue weighted by molar-refractivity contribution is -0.122. The van der Waals surface area contributed by atoms with Gasteiger partial charge in [0.15, 0.2) is 0 Å². The zero-order valence-electron chi connectivity index (χ0n) is 12.6. The molecule has 0 bridgehead atoms. The third-order valence-electron chi connectivity index (χ3n) is 3.73. The van der Waals surface area contributed by atoms with E-state index in [9.17, 15) is 9.59 Å². The molecule has 1 amide bonds. The summed E-state index contributed by atoms with van der Waals surface area (Å²) in [5, 5.41) is 7.11. The minimum absolute atomic E-state index is 0.0732. The number of H-pyrrole nitrogens is 1. The topological polar surface area (TPSA) is 79.2 Å². The fourth-order valence-electron chi connectivity index (χ4n) is 2.36. The molecular formula is C16H18N4O2. The third-order valence-corrected chi connectivity index (χ3v) is 3.73. The molecule has 22 heavy (non-hydrogen) atoms. The lowest BCUT2D eigenvalue weighted by Crippen LogP contribution is -2.24. The number of amides is 1. The van der Waals surface area contributed by atoms with Crippen LogP contribution in [0, 0.1) is 12.8 Å². The summed E-state index contributed by atoms with van der Waals surface area (Å²) in [6, 6.07) is 9.33. The molecule has 0 radical (unpaired) electrons. The Balaban J connectivity index is 1.91. The number of para-hydroxylation sites is 1. The molecule has 2 N–H and O–H groups in total. The first kappa shape index (κ1) is 14.3. The first-order valence-electron chi connectivity index (χ1n) is 7.29. The molecule has 2 aromatic rings. The highest BCUT2D eigenvalue weighted by molar-refractivity contribution is 6.00. The quantitative estimate of drug-likeness (QED) is 0.666. The monoisotopic (exact) mass is 298 g/mol. The van der Waals surface area contributed by atoms with Crippen LogP contribution < -0.4 is 11.0 Å². The fourth-order valence-corrected chi connectivity index (χ4v) is 2.36. The average molecular weight is 298 g/mol. The highest BCUT2D eigenvalue weighted by Crippen LogP contribution is 2.28. The van der Waals surface area contributed by atoms with Gasteiger partial charge < -0.3 is 0 Å². The molecule has 0 unspecified atom stereocenters. The van der Waals surface area contributed by atoms with Crippen molar-refractivity contribution < 1.29 is 4.79 Å². The van der Waals surface area contributed by atoms with Gasteiger partial charge in [-0.3, -0.25) is 14.7 Å². The summed E-state index contributed by atoms with van der Waals surface area (Å²) in [5.74, 6) is 0.0146. The second-order valence-corrected chi connectivity index (χ2v) is 5.54. The maximum Gasteiger partial charge on any atom is 0.280 e. The van der Waals surface area contributed by atoms with Crippen LogP contribution in [0.2, 0.25) is 0 Å². The molecule has 0 spiro atoms. The Morgan fingerprint density at radius 1 is 1.32 bits per heavy atom. The molecule has 1 heterocycles. The van der Waals surface area contributed by atoms with Gasteiger partial charge in [0.2, 0.25) is 5.91 Å². The van der Waals surface area contributed by atoms with E-state index in [0.717, 1.165) is 24.2 Å². The maximum absolute atomic E-state index is 12.6. The van der Waals surface area contributed by atoms with Crippen molar-refractivity contribution in [3.8, 4) is 5.69 Å². The molecule has 0 saturated heterocycles. The predicted octanol–water partition coefficient (Wildman–Crippen LogP) is 1.72. The van der Waals surface area contributed by atoms with Gasteiger partial charge in [-0.15, -0.1) is 0 Å². The van der Waals surface area contributed by atoms with E-state index >= 15 is 0 Å². The lowest BCUT2D eigenvalue weighted by atomic mass is 10.2. The molecule has 1 fully saturated rings. The van der Waals surface area contributed by atoms with Crippen LogP contribution in [0.1, 0.15) is 31.0 Å². The standard InChI is InChI=1S/C16H18N4O2/c1-10(17-18-15(21)12-8-9-12)14-11(2)19-20(16(14)22)13-6-4-3-5-7-13/h3-7,12,19H,8-9H2,1-2H3,(H,18,21)/b17-10-. The van der Waals surface area contributed by atoms with Gasteiger partial charge in [0.25, 0.3) is 5.56 Å². The number of hydrazone groups is 1. The molecule has 0 atom stereocenters. The molecule has 1 aromatic heterocycles. The van der Waals surface area contributed by atoms with Gasteiger partial charge in [-0.1, -0.05) is 18.2 Å². The number of hydrogen-bond donors (Lipinski definition) is 2. The number of benzene rings is 1. The summed E-state index contributed by atoms with van der Waals surface area (Å²) < 4.78 is 1.48. The van der Waals surface area contributed by atoms with Gasteiger partial charge in [0.05, 0.1) is 17.0 Å². The molecule has 1 aromatic carbocycles. The molecular weight excluding hydrogens is 280 g/mol. The largest absolute Gasteiger partial charge is 0.295 e. The zero-order chi connectivity index (χ0) is 15.7. The van der Waals surface area contributed by atoms with E-state index in [1.54, 1.807) is 6.92 Å². The Labute approximate surface area is 127 Å². The van der Waals surface area contributed by atoms with Crippen molar-refractivity contribution in [1.29, 1.82) is 0 Å². The molecule has 0 aliphatic heterocycles. The summed E-state index contributed by atoms with van der Waals surface area (Å²) in [7, 11) is 0. The Hall–Kier alpha value is -2.63. The van der Waals surface area contributed by atoms with Gasteiger partial charge in [-0.25, -0.2) is 10.1 Å². The summed E-state index contributed by atoms with van der Waals surface area (Å²) in [4.78, 5) is 24.2. The summed E-state index contributed by atoms with van der Waals surface area (Å²) in [6.45, 7) is 3.54. The van der Waals surface area contributed by atoms with Crippen molar-refractivity contribution in [2.75, 3.05) is 0 Å². The van der Waals surface area contributed by atoms with Crippen LogP contribution in [0.5, 0.6) is 0 Å². The smallest absolute Gasteiger partial charge is 0.280 e. The van der Waals surface area contributed by atoms with Crippen molar-refractivity contribution in [3.63, 3.8) is 0 Å². The molecule has 1 aliphatic rings. The Kier molecular flexibility index (Phi) is 3.66. The number of rotatable bonds is 4. The van der Waals surface area contributed by atoms with Gasteiger partial charge >= 0.3 is 0 Å². The summed E-state index contributed by atoms with van der Waals surface area (Å²) in [5.41, 5.74) is 4.83. The van der Waals surface area contributed by atoms with Crippen molar-refractivity contribution in [2.24, 2.45) is 11.0 Å². The average Bonchev–Trinajstić information content (AvgIpc) is 3.32. The minimum atomic E-state index is -0.175. The van der Waals surface area contributed by atoms with Crippen LogP contribution in [0.4, 0.5) is 0 Å². The molecule has 6 nitrogen and oxygen atoms in total. The lowest BCUT2D eigenvalue weighted by Gasteiger charge is -2.00. The zero-order valence-corrected chi connectivity index (χ0v) is 12.6. The Morgan fingerprint density at radius 3 is 2.64 bits per heavy atom. The highest BCUT2D eigenvalue weighted by atomic mass is 16.2. The first-order valence-corrected chi connectivity index (χ1v) is 7.29. The first-order chi connectivity index (χ1) is 10.6. The number of carbonyl (C=O) groups excluding carboxylic acids is 1. The van der Waals surface area contributed by atoms with Crippen LogP contribution in [0.3, 0.4) is 0 Å². The Bertz CT molecular complexity index is 782. The SMILES string of the molecule is C/C(=N/NC(=O)C1CC1)c1c(C)[nH]n(-c2ccccc2)c1=O. The van der Waals surface area contributed by atoms with E-state index in [1.165, 1.54) is 4.68 Å². The number of nitrogens with zero attached hydrogens (tertiary/aromatic N) is 2. The molecule has 6 heteroatoms. The van der Waals surface area contributed by atoms with Crippen LogP contribution in [-0.2, 0) is 4.79 Å². The molecule has 1 aliphatic carbocycles. The third kappa shape index (κ3) is 2.72. The van der Waals surface area contributed by atoms with Crippen LogP contribution >= 0.6 is 0 Å². The highest BCUT2D eigenvalue weighted by Gasteiger charge is 2.29. The van der Waals surface area contributed by atoms with Crippen molar-refractivity contribution in [2.45, 2.75) is 26.7 Å². The molecule has 1 saturated carbocycles. The van der Waals surface area contributed by atoms with E-state index in [-0.39, 0.29) is 17.4 Å². The van der Waals surface area contributed by atoms with Crippen LogP contribution in [0.15, 0.2) is 40.2 Å². The second kappa shape index (κ2) is 5.63. The van der Waals surface area contributed by atoms with E-state index < -0.39 is 0 Å². The van der Waals surface area contributed by atoms with E-state index in [1.807, 2.05) is 37.3 Å². The number of aryl methyl sites for hydroxylation is 1. The summed E-state index contributed by atoms with van der Waals surface area (Å²) >= 11 is 0. The number of aromatic nitrogens is 2. The number of aromatic amines is 1. The van der Waals surface area contributed by atoms with Crippen LogP contribution in [-0.4, -0.2) is 21.4 Å². The Morgan fingerprint density at radius 2 is 2.00 bits per heavy atom. The van der Waals surface area contributed by atoms with E-state index in [2.05, 4.69) is 15.6 Å². The number of carbonyl (C=O) groups is 1. The van der Waals surface area contributed by atoms with E-state index in [0.29, 0.717) is 11.3 Å². The van der Waals surface area contributed by atoms with Gasteiger partial charge in [0, 0.05) is 11.6 Å². The maximum atomic E-state index is 12.6. The predicted molar refractivity (Wildman–Crippen MR) is 84.2 cm³/mol. The fraction of sp³-hybridized carbons (Fsp3) is 0.312. The van der Waals surface area contributed by atoms with Gasteiger partial charge in [-0.05, 0) is 38.8 Å². The molecule has 3 rings (SSSR count). The summed E-state index contributed by atoms with van der Waals surface area (Å²) in [6.07, 6.45) is 1.84. The van der Waals surface area contributed by atoms with Crippen molar-refractivity contribution in [1.82, 2.24) is 15.2 Å². The molecule has 114 valence electrons. The second-order valence-electron chi connectivity index (χ2n) is 5.54. The normalized spacial score (nSPS) is 14.9. The van der Waals surface area contributed by atoms with Gasteiger partial charge in [0.1, 0.15) is 0 Å². The van der Waals surface area contributed by atoms with E-state index in [4.69, 9.17) is 0 Å². The van der Waals surface area contributed by atoms with Gasteiger partial charge in [-0.2, -0.15) is 5.10 Å².